The first-order valence-corrected chi connectivity index (χ1v) is 6.27. The van der Waals surface area contributed by atoms with Gasteiger partial charge in [0.2, 0.25) is 0 Å². The van der Waals surface area contributed by atoms with Gasteiger partial charge in [0.25, 0.3) is 0 Å². The molecule has 18 heavy (non-hydrogen) atoms. The quantitative estimate of drug-likeness (QED) is 0.863. The topological polar surface area (TPSA) is 21.3 Å². The molecule has 1 N–H and O–H groups in total. The van der Waals surface area contributed by atoms with Crippen molar-refractivity contribution in [2.45, 2.75) is 19.4 Å². The first-order valence-electron chi connectivity index (χ1n) is 6.27. The van der Waals surface area contributed by atoms with E-state index in [0.717, 1.165) is 17.9 Å². The summed E-state index contributed by atoms with van der Waals surface area (Å²) in [5.41, 5.74) is 1.32. The van der Waals surface area contributed by atoms with Gasteiger partial charge in [-0.05, 0) is 50.2 Å². The summed E-state index contributed by atoms with van der Waals surface area (Å²) in [5, 5.41) is 3.24. The minimum absolute atomic E-state index is 0.492. The van der Waals surface area contributed by atoms with E-state index in [0.29, 0.717) is 6.04 Å². The lowest BCUT2D eigenvalue weighted by atomic mass is 10.1. The normalized spacial score (nSPS) is 12.1. The van der Waals surface area contributed by atoms with E-state index >= 15 is 0 Å². The van der Waals surface area contributed by atoms with Crippen LogP contribution in [0.4, 0.5) is 0 Å². The Morgan fingerprint density at radius 3 is 2.17 bits per heavy atom. The molecule has 2 aromatic carbocycles. The minimum Gasteiger partial charge on any atom is -0.457 e. The van der Waals surface area contributed by atoms with Gasteiger partial charge in [-0.2, -0.15) is 0 Å². The number of benzene rings is 2. The number of likely N-dealkylation sites (N-methyl/N-ethyl adjacent to an activating group) is 1. The van der Waals surface area contributed by atoms with Crippen molar-refractivity contribution in [2.24, 2.45) is 0 Å². The van der Waals surface area contributed by atoms with Gasteiger partial charge in [-0.3, -0.25) is 0 Å². The van der Waals surface area contributed by atoms with Crippen LogP contribution >= 0.6 is 0 Å². The largest absolute Gasteiger partial charge is 0.457 e. The molecule has 0 unspecified atom stereocenters. The second kappa shape index (κ2) is 6.22. The van der Waals surface area contributed by atoms with Crippen molar-refractivity contribution in [1.29, 1.82) is 0 Å². The molecule has 0 bridgehead atoms. The number of rotatable bonds is 5. The molecule has 0 saturated carbocycles. The summed E-state index contributed by atoms with van der Waals surface area (Å²) in [5.74, 6) is 1.75. The van der Waals surface area contributed by atoms with Gasteiger partial charge in [-0.1, -0.05) is 30.3 Å². The van der Waals surface area contributed by atoms with Crippen molar-refractivity contribution in [3.8, 4) is 11.5 Å². The molecular weight excluding hydrogens is 222 g/mol. The van der Waals surface area contributed by atoms with Gasteiger partial charge in [0.05, 0.1) is 0 Å². The Bertz CT molecular complexity index is 464. The Kier molecular flexibility index (Phi) is 4.37. The minimum atomic E-state index is 0.492. The number of hydrogen-bond acceptors (Lipinski definition) is 2. The second-order valence-electron chi connectivity index (χ2n) is 4.45. The fraction of sp³-hybridized carbons (Fsp3) is 0.250. The van der Waals surface area contributed by atoms with Crippen molar-refractivity contribution < 1.29 is 4.74 Å². The molecule has 0 radical (unpaired) electrons. The molecule has 0 aromatic heterocycles. The Labute approximate surface area is 109 Å². The third-order valence-corrected chi connectivity index (χ3v) is 2.94. The van der Waals surface area contributed by atoms with Crippen molar-refractivity contribution in [1.82, 2.24) is 5.32 Å². The number of para-hydroxylation sites is 1. The van der Waals surface area contributed by atoms with Gasteiger partial charge in [0.15, 0.2) is 0 Å². The van der Waals surface area contributed by atoms with E-state index in [1.807, 2.05) is 49.5 Å². The Morgan fingerprint density at radius 2 is 1.56 bits per heavy atom. The molecule has 0 spiro atoms. The van der Waals surface area contributed by atoms with E-state index in [1.54, 1.807) is 0 Å². The van der Waals surface area contributed by atoms with Crippen LogP contribution in [0.15, 0.2) is 54.6 Å². The van der Waals surface area contributed by atoms with Crippen LogP contribution in [0.3, 0.4) is 0 Å². The fourth-order valence-corrected chi connectivity index (χ4v) is 1.77. The molecule has 2 rings (SSSR count). The van der Waals surface area contributed by atoms with Crippen LogP contribution in [0.2, 0.25) is 0 Å². The van der Waals surface area contributed by atoms with E-state index in [4.69, 9.17) is 4.74 Å². The lowest BCUT2D eigenvalue weighted by Gasteiger charge is -2.10. The first-order chi connectivity index (χ1) is 8.78. The van der Waals surface area contributed by atoms with Gasteiger partial charge < -0.3 is 10.1 Å². The van der Waals surface area contributed by atoms with Crippen LogP contribution in [0, 0.1) is 0 Å². The smallest absolute Gasteiger partial charge is 0.127 e. The van der Waals surface area contributed by atoms with Crippen molar-refractivity contribution in [2.75, 3.05) is 7.05 Å². The van der Waals surface area contributed by atoms with Gasteiger partial charge in [0.1, 0.15) is 11.5 Å². The molecule has 2 aromatic rings. The van der Waals surface area contributed by atoms with Crippen LogP contribution in [0.25, 0.3) is 0 Å². The zero-order valence-electron chi connectivity index (χ0n) is 10.9. The molecule has 0 fully saturated rings. The molecule has 0 aliphatic heterocycles. The molecule has 2 nitrogen and oxygen atoms in total. The predicted octanol–water partition coefficient (Wildman–Crippen LogP) is 3.63. The molecule has 0 saturated heterocycles. The summed E-state index contributed by atoms with van der Waals surface area (Å²) in [7, 11) is 1.98. The maximum atomic E-state index is 5.75. The molecule has 0 aliphatic rings. The van der Waals surface area contributed by atoms with E-state index in [2.05, 4.69) is 24.4 Å². The third-order valence-electron chi connectivity index (χ3n) is 2.94. The molecule has 2 heteroatoms. The van der Waals surface area contributed by atoms with Crippen molar-refractivity contribution in [3.63, 3.8) is 0 Å². The zero-order valence-corrected chi connectivity index (χ0v) is 10.9. The molecule has 1 atom stereocenters. The van der Waals surface area contributed by atoms with Crippen molar-refractivity contribution in [3.05, 3.63) is 60.2 Å². The van der Waals surface area contributed by atoms with E-state index in [9.17, 15) is 0 Å². The van der Waals surface area contributed by atoms with Gasteiger partial charge in [-0.15, -0.1) is 0 Å². The summed E-state index contributed by atoms with van der Waals surface area (Å²) in [6.07, 6.45) is 1.03. The maximum Gasteiger partial charge on any atom is 0.127 e. The average Bonchev–Trinajstić information content (AvgIpc) is 2.42. The van der Waals surface area contributed by atoms with E-state index < -0.39 is 0 Å². The fourth-order valence-electron chi connectivity index (χ4n) is 1.77. The lowest BCUT2D eigenvalue weighted by molar-refractivity contribution is 0.482. The Balaban J connectivity index is 2.00. The Morgan fingerprint density at radius 1 is 0.944 bits per heavy atom. The van der Waals surface area contributed by atoms with Crippen LogP contribution in [0.5, 0.6) is 11.5 Å². The first kappa shape index (κ1) is 12.7. The predicted molar refractivity (Wildman–Crippen MR) is 75.2 cm³/mol. The van der Waals surface area contributed by atoms with E-state index in [-0.39, 0.29) is 0 Å². The molecule has 0 amide bonds. The summed E-state index contributed by atoms with van der Waals surface area (Å²) in [6, 6.07) is 18.6. The highest BCUT2D eigenvalue weighted by Gasteiger charge is 2.01. The Hall–Kier alpha value is -1.80. The molecule has 0 heterocycles. The van der Waals surface area contributed by atoms with E-state index in [1.165, 1.54) is 5.56 Å². The number of ether oxygens (including phenoxy) is 1. The molecular formula is C16H19NO. The van der Waals surface area contributed by atoms with Gasteiger partial charge in [0, 0.05) is 6.04 Å². The lowest BCUT2D eigenvalue weighted by Crippen LogP contribution is -2.23. The molecule has 94 valence electrons. The second-order valence-corrected chi connectivity index (χ2v) is 4.45. The average molecular weight is 241 g/mol. The van der Waals surface area contributed by atoms with Crippen molar-refractivity contribution >= 4 is 0 Å². The monoisotopic (exact) mass is 241 g/mol. The standard InChI is InChI=1S/C16H19NO/c1-13(17-2)12-14-8-10-16(11-9-14)18-15-6-4-3-5-7-15/h3-11,13,17H,12H2,1-2H3/t13-/m1/s1. The van der Waals surface area contributed by atoms with Crippen LogP contribution in [0.1, 0.15) is 12.5 Å². The summed E-state index contributed by atoms with van der Waals surface area (Å²) >= 11 is 0. The van der Waals surface area contributed by atoms with Crippen LogP contribution in [-0.2, 0) is 6.42 Å². The van der Waals surface area contributed by atoms with Gasteiger partial charge in [-0.25, -0.2) is 0 Å². The van der Waals surface area contributed by atoms with Crippen LogP contribution in [-0.4, -0.2) is 13.1 Å². The maximum absolute atomic E-state index is 5.75. The summed E-state index contributed by atoms with van der Waals surface area (Å²) in [6.45, 7) is 2.17. The molecule has 0 aliphatic carbocycles. The zero-order chi connectivity index (χ0) is 12.8. The SMILES string of the molecule is CN[C@H](C)Cc1ccc(Oc2ccccc2)cc1. The summed E-state index contributed by atoms with van der Waals surface area (Å²) < 4.78 is 5.75. The highest BCUT2D eigenvalue weighted by molar-refractivity contribution is 5.33. The summed E-state index contributed by atoms with van der Waals surface area (Å²) in [4.78, 5) is 0. The number of hydrogen-bond donors (Lipinski definition) is 1. The highest BCUT2D eigenvalue weighted by Crippen LogP contribution is 2.21. The van der Waals surface area contributed by atoms with Crippen LogP contribution < -0.4 is 10.1 Å². The highest BCUT2D eigenvalue weighted by atomic mass is 16.5. The third kappa shape index (κ3) is 3.60. The number of nitrogens with one attached hydrogen (secondary N) is 1. The van der Waals surface area contributed by atoms with Gasteiger partial charge >= 0.3 is 0 Å².